The van der Waals surface area contributed by atoms with Crippen LogP contribution >= 0.6 is 11.8 Å². The van der Waals surface area contributed by atoms with Gasteiger partial charge in [0.15, 0.2) is 11.0 Å². The molecule has 3 aromatic rings. The molecule has 0 aliphatic rings. The number of nitrogens with zero attached hydrogens (tertiary/aromatic N) is 3. The Morgan fingerprint density at radius 1 is 1.18 bits per heavy atom. The maximum absolute atomic E-state index is 12.0. The molecular weight excluding hydrogens is 372 g/mol. The summed E-state index contributed by atoms with van der Waals surface area (Å²) in [6, 6.07) is 17.6. The predicted molar refractivity (Wildman–Crippen MR) is 112 cm³/mol. The predicted octanol–water partition coefficient (Wildman–Crippen LogP) is 3.73. The van der Waals surface area contributed by atoms with E-state index in [9.17, 15) is 4.79 Å². The van der Waals surface area contributed by atoms with Gasteiger partial charge in [-0.05, 0) is 31.2 Å². The minimum absolute atomic E-state index is 0.0765. The number of rotatable bonds is 9. The molecule has 0 unspecified atom stereocenters. The van der Waals surface area contributed by atoms with Crippen LogP contribution in [0.5, 0.6) is 5.75 Å². The Morgan fingerprint density at radius 2 is 1.93 bits per heavy atom. The first-order valence-electron chi connectivity index (χ1n) is 8.97. The van der Waals surface area contributed by atoms with E-state index in [-0.39, 0.29) is 11.7 Å². The number of thioether (sulfide) groups is 1. The van der Waals surface area contributed by atoms with Crippen molar-refractivity contribution in [3.8, 4) is 22.8 Å². The van der Waals surface area contributed by atoms with E-state index in [1.165, 1.54) is 11.8 Å². The smallest absolute Gasteiger partial charge is 0.230 e. The van der Waals surface area contributed by atoms with Gasteiger partial charge in [0, 0.05) is 17.8 Å². The zero-order chi connectivity index (χ0) is 19.8. The quantitative estimate of drug-likeness (QED) is 0.442. The van der Waals surface area contributed by atoms with Crippen LogP contribution in [0, 0.1) is 0 Å². The number of hydrogen-bond acceptors (Lipinski definition) is 5. The van der Waals surface area contributed by atoms with Crippen molar-refractivity contribution in [3.05, 3.63) is 67.3 Å². The summed E-state index contributed by atoms with van der Waals surface area (Å²) in [5.74, 6) is 1.70. The van der Waals surface area contributed by atoms with Gasteiger partial charge in [-0.25, -0.2) is 0 Å². The van der Waals surface area contributed by atoms with Crippen molar-refractivity contribution < 1.29 is 9.53 Å². The number of ether oxygens (including phenoxy) is 1. The lowest BCUT2D eigenvalue weighted by Crippen LogP contribution is -2.25. The monoisotopic (exact) mass is 394 g/mol. The SMILES string of the molecule is C=CCNC(=O)CSc1nnc(-c2ccccc2)n1-c1ccc(OCC)cc1. The molecule has 0 saturated carbocycles. The molecule has 0 aliphatic carbocycles. The van der Waals surface area contributed by atoms with E-state index in [4.69, 9.17) is 4.74 Å². The first-order chi connectivity index (χ1) is 13.7. The van der Waals surface area contributed by atoms with Gasteiger partial charge in [0.05, 0.1) is 12.4 Å². The lowest BCUT2D eigenvalue weighted by Gasteiger charge is -2.11. The number of benzene rings is 2. The Labute approximate surface area is 168 Å². The maximum Gasteiger partial charge on any atom is 0.230 e. The Balaban J connectivity index is 1.93. The molecule has 0 atom stereocenters. The third-order valence-electron chi connectivity index (χ3n) is 3.85. The fourth-order valence-electron chi connectivity index (χ4n) is 2.60. The fraction of sp³-hybridized carbons (Fsp3) is 0.190. The third kappa shape index (κ3) is 4.80. The van der Waals surface area contributed by atoms with Gasteiger partial charge in [0.2, 0.25) is 5.91 Å². The van der Waals surface area contributed by atoms with E-state index in [0.29, 0.717) is 18.3 Å². The lowest BCUT2D eigenvalue weighted by molar-refractivity contribution is -0.118. The molecule has 0 aliphatic heterocycles. The Hall–Kier alpha value is -3.06. The van der Waals surface area contributed by atoms with E-state index in [1.807, 2.05) is 66.1 Å². The summed E-state index contributed by atoms with van der Waals surface area (Å²) < 4.78 is 7.49. The first-order valence-corrected chi connectivity index (χ1v) is 9.96. The highest BCUT2D eigenvalue weighted by atomic mass is 32.2. The minimum atomic E-state index is -0.0765. The molecule has 0 saturated heterocycles. The summed E-state index contributed by atoms with van der Waals surface area (Å²) in [5.41, 5.74) is 1.85. The zero-order valence-electron chi connectivity index (χ0n) is 15.7. The van der Waals surface area contributed by atoms with Gasteiger partial charge in [-0.1, -0.05) is 48.2 Å². The van der Waals surface area contributed by atoms with Gasteiger partial charge in [0.1, 0.15) is 5.75 Å². The van der Waals surface area contributed by atoms with Gasteiger partial charge >= 0.3 is 0 Å². The summed E-state index contributed by atoms with van der Waals surface area (Å²) >= 11 is 1.34. The summed E-state index contributed by atoms with van der Waals surface area (Å²) in [4.78, 5) is 12.0. The van der Waals surface area contributed by atoms with Crippen LogP contribution in [0.15, 0.2) is 72.4 Å². The van der Waals surface area contributed by atoms with Crippen LogP contribution in [0.4, 0.5) is 0 Å². The minimum Gasteiger partial charge on any atom is -0.494 e. The standard InChI is InChI=1S/C21H22N4O2S/c1-3-14-22-19(26)15-28-21-24-23-20(16-8-6-5-7-9-16)25(21)17-10-12-18(13-11-17)27-4-2/h3,5-13H,1,4,14-15H2,2H3,(H,22,26). The van der Waals surface area contributed by atoms with Crippen molar-refractivity contribution in [2.24, 2.45) is 0 Å². The molecule has 0 radical (unpaired) electrons. The summed E-state index contributed by atoms with van der Waals surface area (Å²) in [5, 5.41) is 12.1. The summed E-state index contributed by atoms with van der Waals surface area (Å²) in [7, 11) is 0. The van der Waals surface area contributed by atoms with Crippen LogP contribution in [0.2, 0.25) is 0 Å². The Morgan fingerprint density at radius 3 is 2.61 bits per heavy atom. The number of aromatic nitrogens is 3. The molecule has 28 heavy (non-hydrogen) atoms. The Bertz CT molecular complexity index is 923. The molecule has 7 heteroatoms. The highest BCUT2D eigenvalue weighted by molar-refractivity contribution is 7.99. The van der Waals surface area contributed by atoms with Crippen molar-refractivity contribution in [1.82, 2.24) is 20.1 Å². The molecule has 3 rings (SSSR count). The normalized spacial score (nSPS) is 10.5. The van der Waals surface area contributed by atoms with Crippen molar-refractivity contribution in [2.75, 3.05) is 18.9 Å². The van der Waals surface area contributed by atoms with Gasteiger partial charge in [-0.15, -0.1) is 16.8 Å². The summed E-state index contributed by atoms with van der Waals surface area (Å²) in [6.07, 6.45) is 1.65. The van der Waals surface area contributed by atoms with Gasteiger partial charge in [0.25, 0.3) is 0 Å². The molecule has 2 aromatic carbocycles. The van der Waals surface area contributed by atoms with Gasteiger partial charge in [-0.2, -0.15) is 0 Å². The van der Waals surface area contributed by atoms with E-state index in [1.54, 1.807) is 6.08 Å². The molecule has 1 amide bonds. The van der Waals surface area contributed by atoms with Crippen LogP contribution in [-0.2, 0) is 4.79 Å². The molecule has 1 N–H and O–H groups in total. The van der Waals surface area contributed by atoms with E-state index < -0.39 is 0 Å². The summed E-state index contributed by atoms with van der Waals surface area (Å²) in [6.45, 7) is 6.61. The number of carbonyl (C=O) groups excluding carboxylic acids is 1. The number of nitrogens with one attached hydrogen (secondary N) is 1. The van der Waals surface area contributed by atoms with Crippen LogP contribution < -0.4 is 10.1 Å². The van der Waals surface area contributed by atoms with Crippen LogP contribution in [0.1, 0.15) is 6.92 Å². The lowest BCUT2D eigenvalue weighted by atomic mass is 10.2. The molecule has 1 heterocycles. The third-order valence-corrected chi connectivity index (χ3v) is 4.78. The molecular formula is C21H22N4O2S. The number of hydrogen-bond donors (Lipinski definition) is 1. The molecule has 0 spiro atoms. The fourth-order valence-corrected chi connectivity index (χ4v) is 3.38. The maximum atomic E-state index is 12.0. The number of amides is 1. The van der Waals surface area contributed by atoms with Crippen molar-refractivity contribution in [2.45, 2.75) is 12.1 Å². The van der Waals surface area contributed by atoms with Crippen molar-refractivity contribution >= 4 is 17.7 Å². The second-order valence-corrected chi connectivity index (χ2v) is 6.76. The Kier molecular flexibility index (Phi) is 6.86. The molecule has 6 nitrogen and oxygen atoms in total. The average molecular weight is 395 g/mol. The number of carbonyl (C=O) groups is 1. The van der Waals surface area contributed by atoms with Crippen molar-refractivity contribution in [3.63, 3.8) is 0 Å². The van der Waals surface area contributed by atoms with Crippen LogP contribution in [0.25, 0.3) is 17.1 Å². The second kappa shape index (κ2) is 9.75. The zero-order valence-corrected chi connectivity index (χ0v) is 16.5. The van der Waals surface area contributed by atoms with Crippen molar-refractivity contribution in [1.29, 1.82) is 0 Å². The topological polar surface area (TPSA) is 69.0 Å². The van der Waals surface area contributed by atoms with Crippen LogP contribution in [-0.4, -0.2) is 39.6 Å². The molecule has 0 bridgehead atoms. The molecule has 1 aromatic heterocycles. The van der Waals surface area contributed by atoms with Gasteiger partial charge in [-0.3, -0.25) is 9.36 Å². The average Bonchev–Trinajstić information content (AvgIpc) is 3.16. The first kappa shape index (κ1) is 19.7. The highest BCUT2D eigenvalue weighted by Crippen LogP contribution is 2.28. The van der Waals surface area contributed by atoms with E-state index >= 15 is 0 Å². The highest BCUT2D eigenvalue weighted by Gasteiger charge is 2.17. The van der Waals surface area contributed by atoms with E-state index in [0.717, 1.165) is 22.8 Å². The molecule has 0 fully saturated rings. The second-order valence-electron chi connectivity index (χ2n) is 5.82. The van der Waals surface area contributed by atoms with Gasteiger partial charge < -0.3 is 10.1 Å². The van der Waals surface area contributed by atoms with Crippen LogP contribution in [0.3, 0.4) is 0 Å². The molecule has 144 valence electrons. The van der Waals surface area contributed by atoms with E-state index in [2.05, 4.69) is 22.1 Å². The largest absolute Gasteiger partial charge is 0.494 e.